The van der Waals surface area contributed by atoms with Crippen molar-refractivity contribution in [3.8, 4) is 28.7 Å². The molecule has 1 fully saturated rings. The summed E-state index contributed by atoms with van der Waals surface area (Å²) in [6, 6.07) is 17.7. The van der Waals surface area contributed by atoms with Crippen molar-refractivity contribution in [2.75, 3.05) is 52.3 Å². The van der Waals surface area contributed by atoms with Crippen molar-refractivity contribution in [2.24, 2.45) is 0 Å². The van der Waals surface area contributed by atoms with Gasteiger partial charge in [-0.2, -0.15) is 5.26 Å². The van der Waals surface area contributed by atoms with E-state index < -0.39 is 5.91 Å². The van der Waals surface area contributed by atoms with Crippen LogP contribution in [0.2, 0.25) is 0 Å². The average molecular weight is 551 g/mol. The number of piperazine rings is 1. The van der Waals surface area contributed by atoms with E-state index in [0.717, 1.165) is 48.3 Å². The van der Waals surface area contributed by atoms with Crippen LogP contribution in [0.15, 0.2) is 66.5 Å². The lowest BCUT2D eigenvalue weighted by molar-refractivity contribution is -0.117. The van der Waals surface area contributed by atoms with Crippen molar-refractivity contribution in [3.63, 3.8) is 0 Å². The molecular weight excluding hydrogens is 516 g/mol. The summed E-state index contributed by atoms with van der Waals surface area (Å²) in [5.74, 6) is 0.705. The van der Waals surface area contributed by atoms with Gasteiger partial charge in [0.05, 0.1) is 20.3 Å². The van der Waals surface area contributed by atoms with Gasteiger partial charge in [0.2, 0.25) is 0 Å². The number of anilines is 1. The van der Waals surface area contributed by atoms with E-state index in [1.807, 2.05) is 31.3 Å². The van der Waals surface area contributed by atoms with Gasteiger partial charge in [0, 0.05) is 60.8 Å². The number of hydrogen-bond donors (Lipinski definition) is 2. The van der Waals surface area contributed by atoms with Crippen LogP contribution in [0.4, 0.5) is 5.69 Å². The predicted molar refractivity (Wildman–Crippen MR) is 161 cm³/mol. The van der Waals surface area contributed by atoms with Crippen molar-refractivity contribution in [2.45, 2.75) is 13.0 Å². The van der Waals surface area contributed by atoms with Gasteiger partial charge in [0.25, 0.3) is 5.91 Å². The van der Waals surface area contributed by atoms with Crippen LogP contribution >= 0.6 is 0 Å². The number of fused-ring (bicyclic) bond motifs is 1. The number of nitrogens with zero attached hydrogens (tertiary/aromatic N) is 4. The topological polar surface area (TPSA) is 107 Å². The molecule has 4 aromatic rings. The minimum absolute atomic E-state index is 0.000147. The maximum atomic E-state index is 13.1. The van der Waals surface area contributed by atoms with Crippen LogP contribution in [0, 0.1) is 11.3 Å². The zero-order chi connectivity index (χ0) is 28.9. The summed E-state index contributed by atoms with van der Waals surface area (Å²) in [4.78, 5) is 25.6. The molecule has 2 N–H and O–H groups in total. The van der Waals surface area contributed by atoms with Gasteiger partial charge >= 0.3 is 0 Å². The highest BCUT2D eigenvalue weighted by atomic mass is 16.5. The highest BCUT2D eigenvalue weighted by Crippen LogP contribution is 2.31. The number of benzene rings is 2. The second kappa shape index (κ2) is 12.1. The molecule has 9 nitrogen and oxygen atoms in total. The number of rotatable bonds is 8. The Morgan fingerprint density at radius 2 is 1.78 bits per heavy atom. The van der Waals surface area contributed by atoms with Crippen LogP contribution in [0.25, 0.3) is 28.2 Å². The van der Waals surface area contributed by atoms with Crippen LogP contribution in [0.3, 0.4) is 0 Å². The van der Waals surface area contributed by atoms with Crippen LogP contribution in [-0.2, 0) is 4.79 Å². The number of ether oxygens (including phenoxy) is 2. The molecule has 5 rings (SSSR count). The first-order valence-corrected chi connectivity index (χ1v) is 13.6. The molecule has 0 spiro atoms. The van der Waals surface area contributed by atoms with Gasteiger partial charge in [0.1, 0.15) is 17.3 Å². The van der Waals surface area contributed by atoms with Crippen molar-refractivity contribution in [1.82, 2.24) is 20.2 Å². The van der Waals surface area contributed by atoms with E-state index >= 15 is 0 Å². The molecule has 3 heterocycles. The number of amides is 1. The number of carbonyl (C=O) groups is 1. The molecule has 1 aliphatic rings. The molecule has 210 valence electrons. The summed E-state index contributed by atoms with van der Waals surface area (Å²) in [5, 5.41) is 13.6. The molecule has 41 heavy (non-hydrogen) atoms. The van der Waals surface area contributed by atoms with E-state index in [2.05, 4.69) is 62.5 Å². The highest BCUT2D eigenvalue weighted by molar-refractivity contribution is 6.04. The van der Waals surface area contributed by atoms with Crippen LogP contribution < -0.4 is 19.7 Å². The van der Waals surface area contributed by atoms with Gasteiger partial charge in [-0.15, -0.1) is 0 Å². The Hall–Kier alpha value is -4.81. The Balaban J connectivity index is 1.35. The standard InChI is InChI=1S/C32H34N6O3/c1-21(23-7-10-29(40-3)30(17-23)41-4)36-32(39)24(18-33)15-26-20-35-31-28(26)16-25(19-34-31)22-5-8-27(9-6-22)38-13-11-37(2)12-14-38/h5-10,15-17,19-21H,11-14H2,1-4H3,(H,34,35)(H,36,39)/b24-15+/t21-/m1/s1. The van der Waals surface area contributed by atoms with Crippen LogP contribution in [-0.4, -0.2) is 68.2 Å². The van der Waals surface area contributed by atoms with Gasteiger partial charge in [0.15, 0.2) is 11.5 Å². The summed E-state index contributed by atoms with van der Waals surface area (Å²) >= 11 is 0. The molecule has 0 saturated carbocycles. The minimum atomic E-state index is -0.465. The summed E-state index contributed by atoms with van der Waals surface area (Å²) in [6.45, 7) is 6.01. The lowest BCUT2D eigenvalue weighted by Gasteiger charge is -2.34. The molecular formula is C32H34N6O3. The third-order valence-corrected chi connectivity index (χ3v) is 7.55. The monoisotopic (exact) mass is 550 g/mol. The average Bonchev–Trinajstić information content (AvgIpc) is 3.41. The third-order valence-electron chi connectivity index (χ3n) is 7.55. The Morgan fingerprint density at radius 1 is 1.05 bits per heavy atom. The second-order valence-electron chi connectivity index (χ2n) is 10.2. The summed E-state index contributed by atoms with van der Waals surface area (Å²) in [6.07, 6.45) is 5.19. The predicted octanol–water partition coefficient (Wildman–Crippen LogP) is 4.78. The van der Waals surface area contributed by atoms with E-state index in [1.54, 1.807) is 32.6 Å². The molecule has 0 unspecified atom stereocenters. The number of aromatic nitrogens is 2. The van der Waals surface area contributed by atoms with Gasteiger partial charge < -0.3 is 29.6 Å². The van der Waals surface area contributed by atoms with Crippen molar-refractivity contribution >= 4 is 28.7 Å². The van der Waals surface area contributed by atoms with Gasteiger partial charge in [-0.1, -0.05) is 18.2 Å². The fourth-order valence-electron chi connectivity index (χ4n) is 5.01. The van der Waals surface area contributed by atoms with Crippen LogP contribution in [0.5, 0.6) is 11.5 Å². The quantitative estimate of drug-likeness (QED) is 0.240. The number of pyridine rings is 1. The van der Waals surface area contributed by atoms with Gasteiger partial charge in [-0.25, -0.2) is 4.98 Å². The molecule has 0 aliphatic carbocycles. The van der Waals surface area contributed by atoms with Crippen molar-refractivity contribution in [3.05, 3.63) is 77.6 Å². The number of aromatic amines is 1. The van der Waals surface area contributed by atoms with Crippen molar-refractivity contribution in [1.29, 1.82) is 5.26 Å². The summed E-state index contributed by atoms with van der Waals surface area (Å²) in [5.41, 5.74) is 5.46. The van der Waals surface area contributed by atoms with Gasteiger partial charge in [-0.05, 0) is 61.5 Å². The first kappa shape index (κ1) is 27.7. The molecule has 2 aromatic carbocycles. The Labute approximate surface area is 240 Å². The third kappa shape index (κ3) is 6.03. The SMILES string of the molecule is COc1ccc([C@@H](C)NC(=O)/C(C#N)=C/c2c[nH]c3ncc(-c4ccc(N5CCN(C)CC5)cc4)cc23)cc1OC. The van der Waals surface area contributed by atoms with Crippen molar-refractivity contribution < 1.29 is 14.3 Å². The summed E-state index contributed by atoms with van der Waals surface area (Å²) < 4.78 is 10.7. The second-order valence-corrected chi connectivity index (χ2v) is 10.2. The Bertz CT molecular complexity index is 1610. The molecule has 2 aromatic heterocycles. The number of methoxy groups -OCH3 is 2. The first-order chi connectivity index (χ1) is 19.9. The van der Waals surface area contributed by atoms with Crippen LogP contribution in [0.1, 0.15) is 24.1 Å². The molecule has 9 heteroatoms. The fourth-order valence-corrected chi connectivity index (χ4v) is 5.01. The van der Waals surface area contributed by atoms with Gasteiger partial charge in [-0.3, -0.25) is 4.79 Å². The number of likely N-dealkylation sites (N-methyl/N-ethyl adjacent to an activating group) is 1. The molecule has 0 bridgehead atoms. The number of H-pyrrole nitrogens is 1. The smallest absolute Gasteiger partial charge is 0.262 e. The highest BCUT2D eigenvalue weighted by Gasteiger charge is 2.18. The Morgan fingerprint density at radius 3 is 2.46 bits per heavy atom. The molecule has 1 amide bonds. The van der Waals surface area contributed by atoms with E-state index in [1.165, 1.54) is 5.69 Å². The molecule has 0 radical (unpaired) electrons. The largest absolute Gasteiger partial charge is 0.493 e. The zero-order valence-electron chi connectivity index (χ0n) is 23.8. The van der Waals surface area contributed by atoms with E-state index in [9.17, 15) is 10.1 Å². The molecule has 1 atom stereocenters. The number of nitrogens with one attached hydrogen (secondary N) is 2. The number of carbonyl (C=O) groups excluding carboxylic acids is 1. The zero-order valence-corrected chi connectivity index (χ0v) is 23.8. The Kier molecular flexibility index (Phi) is 8.22. The molecule has 1 saturated heterocycles. The first-order valence-electron chi connectivity index (χ1n) is 13.6. The maximum absolute atomic E-state index is 13.1. The van der Waals surface area contributed by atoms with E-state index in [0.29, 0.717) is 22.7 Å². The molecule has 1 aliphatic heterocycles. The summed E-state index contributed by atoms with van der Waals surface area (Å²) in [7, 11) is 5.29. The lowest BCUT2D eigenvalue weighted by Crippen LogP contribution is -2.44. The van der Waals surface area contributed by atoms with E-state index in [-0.39, 0.29) is 11.6 Å². The number of hydrogen-bond acceptors (Lipinski definition) is 7. The normalized spacial score (nSPS) is 14.9. The fraction of sp³-hybridized carbons (Fsp3) is 0.281. The lowest BCUT2D eigenvalue weighted by atomic mass is 10.0. The number of nitriles is 1. The minimum Gasteiger partial charge on any atom is -0.493 e. The maximum Gasteiger partial charge on any atom is 0.262 e. The van der Waals surface area contributed by atoms with E-state index in [4.69, 9.17) is 9.47 Å².